The van der Waals surface area contributed by atoms with Crippen molar-refractivity contribution in [2.75, 3.05) is 26.3 Å². The molecule has 1 aliphatic carbocycles. The van der Waals surface area contributed by atoms with Crippen LogP contribution in [-0.4, -0.2) is 49.3 Å². The Bertz CT molecular complexity index is 361. The second-order valence-corrected chi connectivity index (χ2v) is 4.79. The number of aliphatic carboxylic acids is 1. The number of amides is 3. The monoisotopic (exact) mass is 287 g/mol. The van der Waals surface area contributed by atoms with Crippen molar-refractivity contribution in [1.82, 2.24) is 10.6 Å². The topological polar surface area (TPSA) is 131 Å². The van der Waals surface area contributed by atoms with Crippen molar-refractivity contribution in [3.05, 3.63) is 0 Å². The summed E-state index contributed by atoms with van der Waals surface area (Å²) >= 11 is 0. The van der Waals surface area contributed by atoms with E-state index < -0.39 is 11.9 Å². The van der Waals surface area contributed by atoms with Gasteiger partial charge in [-0.25, -0.2) is 4.79 Å². The van der Waals surface area contributed by atoms with E-state index in [2.05, 4.69) is 10.6 Å². The highest BCUT2D eigenvalue weighted by Crippen LogP contribution is 2.31. The zero-order valence-corrected chi connectivity index (χ0v) is 11.3. The Morgan fingerprint density at radius 1 is 1.25 bits per heavy atom. The standard InChI is InChI=1S/C12H21N3O5/c13-10(16)7-20-5-4-14-12(19)15-6-8-2-1-3-9(8)11(17)18/h8-9H,1-7H2,(H2,13,16)(H,17,18)(H2,14,15,19). The molecular weight excluding hydrogens is 266 g/mol. The number of hydrogen-bond acceptors (Lipinski definition) is 4. The van der Waals surface area contributed by atoms with Crippen LogP contribution in [0.3, 0.4) is 0 Å². The summed E-state index contributed by atoms with van der Waals surface area (Å²) in [5, 5.41) is 14.2. The second-order valence-electron chi connectivity index (χ2n) is 4.79. The maximum Gasteiger partial charge on any atom is 0.314 e. The van der Waals surface area contributed by atoms with Gasteiger partial charge >= 0.3 is 12.0 Å². The van der Waals surface area contributed by atoms with Gasteiger partial charge in [-0.3, -0.25) is 9.59 Å². The molecule has 0 spiro atoms. The van der Waals surface area contributed by atoms with Crippen LogP contribution in [0, 0.1) is 11.8 Å². The molecule has 3 amide bonds. The highest BCUT2D eigenvalue weighted by Gasteiger charge is 2.32. The zero-order chi connectivity index (χ0) is 15.0. The molecule has 0 saturated heterocycles. The van der Waals surface area contributed by atoms with Crippen molar-refractivity contribution < 1.29 is 24.2 Å². The van der Waals surface area contributed by atoms with Gasteiger partial charge in [0.05, 0.1) is 12.5 Å². The number of rotatable bonds is 8. The van der Waals surface area contributed by atoms with Crippen LogP contribution in [-0.2, 0) is 14.3 Å². The molecule has 0 bridgehead atoms. The molecule has 5 N–H and O–H groups in total. The van der Waals surface area contributed by atoms with Crippen LogP contribution in [0.4, 0.5) is 4.79 Å². The van der Waals surface area contributed by atoms with E-state index in [9.17, 15) is 14.4 Å². The first-order chi connectivity index (χ1) is 9.50. The second kappa shape index (κ2) is 8.36. The van der Waals surface area contributed by atoms with Crippen molar-refractivity contribution >= 4 is 17.9 Å². The van der Waals surface area contributed by atoms with Crippen LogP contribution in [0.15, 0.2) is 0 Å². The number of ether oxygens (including phenoxy) is 1. The molecule has 1 aliphatic rings. The molecule has 0 aromatic heterocycles. The van der Waals surface area contributed by atoms with Gasteiger partial charge in [-0.15, -0.1) is 0 Å². The number of hydrogen-bond donors (Lipinski definition) is 4. The Kier molecular flexibility index (Phi) is 6.78. The first kappa shape index (κ1) is 16.2. The smallest absolute Gasteiger partial charge is 0.314 e. The number of carbonyl (C=O) groups excluding carboxylic acids is 2. The quantitative estimate of drug-likeness (QED) is 0.438. The van der Waals surface area contributed by atoms with E-state index in [0.29, 0.717) is 13.0 Å². The van der Waals surface area contributed by atoms with Gasteiger partial charge in [0.25, 0.3) is 0 Å². The summed E-state index contributed by atoms with van der Waals surface area (Å²) in [5.41, 5.74) is 4.88. The third-order valence-electron chi connectivity index (χ3n) is 3.28. The largest absolute Gasteiger partial charge is 0.481 e. The Morgan fingerprint density at radius 2 is 2.00 bits per heavy atom. The fourth-order valence-electron chi connectivity index (χ4n) is 2.30. The SMILES string of the molecule is NC(=O)COCCNC(=O)NCC1CCCC1C(=O)O. The number of nitrogens with one attached hydrogen (secondary N) is 2. The lowest BCUT2D eigenvalue weighted by atomic mass is 9.96. The Morgan fingerprint density at radius 3 is 2.65 bits per heavy atom. The predicted molar refractivity (Wildman–Crippen MR) is 69.9 cm³/mol. The van der Waals surface area contributed by atoms with Crippen molar-refractivity contribution in [3.8, 4) is 0 Å². The minimum Gasteiger partial charge on any atom is -0.481 e. The number of carbonyl (C=O) groups is 3. The van der Waals surface area contributed by atoms with Crippen LogP contribution in [0.5, 0.6) is 0 Å². The van der Waals surface area contributed by atoms with Crippen molar-refractivity contribution in [2.24, 2.45) is 17.6 Å². The maximum absolute atomic E-state index is 11.5. The molecule has 114 valence electrons. The third-order valence-corrected chi connectivity index (χ3v) is 3.28. The predicted octanol–water partition coefficient (Wildman–Crippen LogP) is -0.712. The molecule has 0 aromatic carbocycles. The number of primary amides is 1. The molecule has 1 saturated carbocycles. The van der Waals surface area contributed by atoms with Gasteiger partial charge in [0.2, 0.25) is 5.91 Å². The highest BCUT2D eigenvalue weighted by atomic mass is 16.5. The summed E-state index contributed by atoms with van der Waals surface area (Å²) in [7, 11) is 0. The van der Waals surface area contributed by atoms with Crippen LogP contribution in [0.1, 0.15) is 19.3 Å². The molecule has 0 aromatic rings. The molecule has 2 atom stereocenters. The molecule has 0 heterocycles. The zero-order valence-electron chi connectivity index (χ0n) is 11.3. The molecule has 1 rings (SSSR count). The molecule has 0 aliphatic heterocycles. The van der Waals surface area contributed by atoms with Crippen LogP contribution >= 0.6 is 0 Å². The molecule has 0 radical (unpaired) electrons. The van der Waals surface area contributed by atoms with Gasteiger partial charge < -0.3 is 26.2 Å². The summed E-state index contributed by atoms with van der Waals surface area (Å²) in [6.45, 7) is 0.625. The number of urea groups is 1. The number of carboxylic acid groups (broad SMARTS) is 1. The lowest BCUT2D eigenvalue weighted by Crippen LogP contribution is -2.41. The van der Waals surface area contributed by atoms with Gasteiger partial charge in [-0.1, -0.05) is 6.42 Å². The van der Waals surface area contributed by atoms with Crippen LogP contribution < -0.4 is 16.4 Å². The summed E-state index contributed by atoms with van der Waals surface area (Å²) in [4.78, 5) is 32.8. The van der Waals surface area contributed by atoms with E-state index in [1.807, 2.05) is 0 Å². The van der Waals surface area contributed by atoms with E-state index in [1.165, 1.54) is 0 Å². The van der Waals surface area contributed by atoms with Crippen molar-refractivity contribution in [1.29, 1.82) is 0 Å². The first-order valence-corrected chi connectivity index (χ1v) is 6.61. The van der Waals surface area contributed by atoms with Gasteiger partial charge in [-0.2, -0.15) is 0 Å². The first-order valence-electron chi connectivity index (χ1n) is 6.61. The lowest BCUT2D eigenvalue weighted by molar-refractivity contribution is -0.142. The fourth-order valence-corrected chi connectivity index (χ4v) is 2.30. The fraction of sp³-hybridized carbons (Fsp3) is 0.750. The molecule has 8 nitrogen and oxygen atoms in total. The normalized spacial score (nSPS) is 21.4. The summed E-state index contributed by atoms with van der Waals surface area (Å²) < 4.78 is 4.88. The number of nitrogens with two attached hydrogens (primary N) is 1. The van der Waals surface area contributed by atoms with E-state index in [4.69, 9.17) is 15.6 Å². The Hall–Kier alpha value is -1.83. The minimum atomic E-state index is -0.797. The molecule has 20 heavy (non-hydrogen) atoms. The van der Waals surface area contributed by atoms with E-state index >= 15 is 0 Å². The molecular formula is C12H21N3O5. The van der Waals surface area contributed by atoms with Gasteiger partial charge in [0.15, 0.2) is 0 Å². The maximum atomic E-state index is 11.5. The van der Waals surface area contributed by atoms with Crippen LogP contribution in [0.25, 0.3) is 0 Å². The average Bonchev–Trinajstić information content (AvgIpc) is 2.84. The van der Waals surface area contributed by atoms with Gasteiger partial charge in [-0.05, 0) is 18.8 Å². The van der Waals surface area contributed by atoms with E-state index in [-0.39, 0.29) is 37.6 Å². The van der Waals surface area contributed by atoms with Gasteiger partial charge in [0, 0.05) is 13.1 Å². The summed E-state index contributed by atoms with van der Waals surface area (Å²) in [6.07, 6.45) is 2.37. The number of carboxylic acids is 1. The van der Waals surface area contributed by atoms with E-state index in [0.717, 1.165) is 12.8 Å². The highest BCUT2D eigenvalue weighted by molar-refractivity contribution is 5.75. The average molecular weight is 287 g/mol. The minimum absolute atomic E-state index is 0.00985. The summed E-state index contributed by atoms with van der Waals surface area (Å²) in [6, 6.07) is -0.372. The lowest BCUT2D eigenvalue weighted by Gasteiger charge is -2.16. The Labute approximate surface area is 117 Å². The third kappa shape index (κ3) is 5.87. The van der Waals surface area contributed by atoms with Crippen molar-refractivity contribution in [3.63, 3.8) is 0 Å². The van der Waals surface area contributed by atoms with Crippen LogP contribution in [0.2, 0.25) is 0 Å². The molecule has 2 unspecified atom stereocenters. The van der Waals surface area contributed by atoms with Crippen molar-refractivity contribution in [2.45, 2.75) is 19.3 Å². The molecule has 1 fully saturated rings. The van der Waals surface area contributed by atoms with Gasteiger partial charge in [0.1, 0.15) is 6.61 Å². The van der Waals surface area contributed by atoms with E-state index in [1.54, 1.807) is 0 Å². The summed E-state index contributed by atoms with van der Waals surface area (Å²) in [5.74, 6) is -1.73. The molecule has 8 heteroatoms. The Balaban J connectivity index is 2.10.